The Bertz CT molecular complexity index is 656. The quantitative estimate of drug-likeness (QED) is 0.841. The van der Waals surface area contributed by atoms with Crippen LogP contribution in [0.2, 0.25) is 0 Å². The van der Waals surface area contributed by atoms with Crippen LogP contribution in [0.25, 0.3) is 10.2 Å². The van der Waals surface area contributed by atoms with Crippen molar-refractivity contribution in [1.29, 1.82) is 0 Å². The molecule has 2 amide bonds. The number of thiazole rings is 1. The topological polar surface area (TPSA) is 82.5 Å². The number of para-hydroxylation sites is 1. The fourth-order valence-corrected chi connectivity index (χ4v) is 2.42. The first-order valence-corrected chi connectivity index (χ1v) is 6.48. The van der Waals surface area contributed by atoms with Crippen molar-refractivity contribution in [2.45, 2.75) is 0 Å². The number of carbonyl (C=O) groups excluding carboxylic acids is 1. The molecule has 0 aliphatic carbocycles. The van der Waals surface area contributed by atoms with E-state index < -0.39 is 18.5 Å². The SMILES string of the molecule is C#CCN(CC(=O)O)C(=O)Nc1nc2ccccc2s1. The van der Waals surface area contributed by atoms with Gasteiger partial charge in [-0.2, -0.15) is 0 Å². The van der Waals surface area contributed by atoms with Gasteiger partial charge in [0.2, 0.25) is 0 Å². The lowest BCUT2D eigenvalue weighted by Gasteiger charge is -2.17. The van der Waals surface area contributed by atoms with E-state index in [0.717, 1.165) is 15.1 Å². The van der Waals surface area contributed by atoms with E-state index in [9.17, 15) is 9.59 Å². The molecule has 20 heavy (non-hydrogen) atoms. The van der Waals surface area contributed by atoms with Crippen LogP contribution < -0.4 is 5.32 Å². The second-order valence-corrected chi connectivity index (χ2v) is 4.90. The number of fused-ring (bicyclic) bond motifs is 1. The monoisotopic (exact) mass is 289 g/mol. The third-order valence-corrected chi connectivity index (χ3v) is 3.36. The Hall–Kier alpha value is -2.59. The van der Waals surface area contributed by atoms with Gasteiger partial charge < -0.3 is 10.0 Å². The molecular weight excluding hydrogens is 278 g/mol. The number of hydrogen-bond donors (Lipinski definition) is 2. The number of aromatic nitrogens is 1. The lowest BCUT2D eigenvalue weighted by atomic mass is 10.3. The summed E-state index contributed by atoms with van der Waals surface area (Å²) in [6, 6.07) is 6.87. The summed E-state index contributed by atoms with van der Waals surface area (Å²) < 4.78 is 0.935. The van der Waals surface area contributed by atoms with Gasteiger partial charge in [-0.3, -0.25) is 10.1 Å². The molecule has 0 aliphatic heterocycles. The summed E-state index contributed by atoms with van der Waals surface area (Å²) in [7, 11) is 0. The highest BCUT2D eigenvalue weighted by Crippen LogP contribution is 2.25. The number of nitrogens with one attached hydrogen (secondary N) is 1. The first-order valence-electron chi connectivity index (χ1n) is 5.67. The first kappa shape index (κ1) is 13.8. The van der Waals surface area contributed by atoms with Crippen molar-refractivity contribution in [2.24, 2.45) is 0 Å². The summed E-state index contributed by atoms with van der Waals surface area (Å²) in [6.45, 7) is -0.538. The summed E-state index contributed by atoms with van der Waals surface area (Å²) in [4.78, 5) is 27.9. The summed E-state index contributed by atoms with van der Waals surface area (Å²) >= 11 is 1.31. The molecule has 1 aromatic heterocycles. The Balaban J connectivity index is 2.12. The number of nitrogens with zero attached hydrogens (tertiary/aromatic N) is 2. The maximum absolute atomic E-state index is 11.9. The van der Waals surface area contributed by atoms with E-state index in [0.29, 0.717) is 5.13 Å². The van der Waals surface area contributed by atoms with Crippen molar-refractivity contribution in [2.75, 3.05) is 18.4 Å². The standard InChI is InChI=1S/C13H11N3O3S/c1-2-7-16(8-11(17)18)13(19)15-12-14-9-5-3-4-6-10(9)20-12/h1,3-6H,7-8H2,(H,17,18)(H,14,15,19). The Morgan fingerprint density at radius 1 is 1.45 bits per heavy atom. The number of urea groups is 1. The van der Waals surface area contributed by atoms with Crippen LogP contribution in [0.4, 0.5) is 9.93 Å². The van der Waals surface area contributed by atoms with Crippen molar-refractivity contribution in [1.82, 2.24) is 9.88 Å². The summed E-state index contributed by atoms with van der Waals surface area (Å²) in [5.41, 5.74) is 0.773. The number of carbonyl (C=O) groups is 2. The number of amides is 2. The Kier molecular flexibility index (Phi) is 4.17. The van der Waals surface area contributed by atoms with E-state index in [1.54, 1.807) is 0 Å². The summed E-state index contributed by atoms with van der Waals surface area (Å²) in [5.74, 6) is 1.13. The summed E-state index contributed by atoms with van der Waals surface area (Å²) in [6.07, 6.45) is 5.12. The molecule has 1 aromatic carbocycles. The van der Waals surface area contributed by atoms with E-state index in [-0.39, 0.29) is 6.54 Å². The Morgan fingerprint density at radius 3 is 2.85 bits per heavy atom. The second-order valence-electron chi connectivity index (χ2n) is 3.87. The molecule has 7 heteroatoms. The van der Waals surface area contributed by atoms with Gasteiger partial charge in [0, 0.05) is 0 Å². The van der Waals surface area contributed by atoms with Crippen LogP contribution >= 0.6 is 11.3 Å². The molecule has 0 fully saturated rings. The lowest BCUT2D eigenvalue weighted by Crippen LogP contribution is -2.38. The second kappa shape index (κ2) is 6.04. The van der Waals surface area contributed by atoms with E-state index in [2.05, 4.69) is 16.2 Å². The van der Waals surface area contributed by atoms with Crippen LogP contribution in [0, 0.1) is 12.3 Å². The Morgan fingerprint density at radius 2 is 2.20 bits per heavy atom. The maximum Gasteiger partial charge on any atom is 0.324 e. The smallest absolute Gasteiger partial charge is 0.324 e. The number of aliphatic carboxylic acids is 1. The molecule has 0 unspecified atom stereocenters. The average molecular weight is 289 g/mol. The van der Waals surface area contributed by atoms with Crippen LogP contribution in [0.3, 0.4) is 0 Å². The molecule has 2 N–H and O–H groups in total. The van der Waals surface area contributed by atoms with Gasteiger partial charge >= 0.3 is 12.0 Å². The number of rotatable bonds is 4. The fraction of sp³-hybridized carbons (Fsp3) is 0.154. The van der Waals surface area contributed by atoms with Crippen molar-refractivity contribution < 1.29 is 14.7 Å². The van der Waals surface area contributed by atoms with Crippen LogP contribution in [-0.2, 0) is 4.79 Å². The molecule has 0 aliphatic rings. The van der Waals surface area contributed by atoms with E-state index >= 15 is 0 Å². The van der Waals surface area contributed by atoms with Crippen molar-refractivity contribution in [3.8, 4) is 12.3 Å². The Labute approximate surface area is 119 Å². The number of hydrogen-bond acceptors (Lipinski definition) is 4. The van der Waals surface area contributed by atoms with Gasteiger partial charge in [-0.05, 0) is 12.1 Å². The molecule has 0 saturated heterocycles. The molecular formula is C13H11N3O3S. The molecule has 0 bridgehead atoms. The zero-order chi connectivity index (χ0) is 14.5. The van der Waals surface area contributed by atoms with Gasteiger partial charge in [0.25, 0.3) is 0 Å². The van der Waals surface area contributed by atoms with Crippen LogP contribution in [0.5, 0.6) is 0 Å². The number of benzene rings is 1. The lowest BCUT2D eigenvalue weighted by molar-refractivity contribution is -0.137. The summed E-state index contributed by atoms with van der Waals surface area (Å²) in [5, 5.41) is 11.7. The van der Waals surface area contributed by atoms with E-state index in [1.807, 2.05) is 24.3 Å². The largest absolute Gasteiger partial charge is 0.480 e. The molecule has 0 saturated carbocycles. The molecule has 6 nitrogen and oxygen atoms in total. The molecule has 1 heterocycles. The predicted octanol–water partition coefficient (Wildman–Crippen LogP) is 1.85. The molecule has 102 valence electrons. The fourth-order valence-electron chi connectivity index (χ4n) is 1.57. The van der Waals surface area contributed by atoms with Crippen molar-refractivity contribution in [3.05, 3.63) is 24.3 Å². The van der Waals surface area contributed by atoms with Gasteiger partial charge in [0.05, 0.1) is 16.8 Å². The average Bonchev–Trinajstić information content (AvgIpc) is 2.79. The minimum absolute atomic E-state index is 0.0803. The highest BCUT2D eigenvalue weighted by atomic mass is 32.1. The molecule has 0 spiro atoms. The van der Waals surface area contributed by atoms with Crippen molar-refractivity contribution in [3.63, 3.8) is 0 Å². The van der Waals surface area contributed by atoms with Crippen LogP contribution in [0.1, 0.15) is 0 Å². The maximum atomic E-state index is 11.9. The third kappa shape index (κ3) is 3.24. The van der Waals surface area contributed by atoms with Gasteiger partial charge in [-0.25, -0.2) is 9.78 Å². The van der Waals surface area contributed by atoms with Crippen LogP contribution in [-0.4, -0.2) is 40.1 Å². The number of carboxylic acid groups (broad SMARTS) is 1. The van der Waals surface area contributed by atoms with Crippen LogP contribution in [0.15, 0.2) is 24.3 Å². The number of terminal acetylenes is 1. The first-order chi connectivity index (χ1) is 9.60. The van der Waals surface area contributed by atoms with Crippen molar-refractivity contribution >= 4 is 38.7 Å². The number of anilines is 1. The van der Waals surface area contributed by atoms with Gasteiger partial charge in [-0.1, -0.05) is 29.4 Å². The van der Waals surface area contributed by atoms with Gasteiger partial charge in [0.15, 0.2) is 5.13 Å². The van der Waals surface area contributed by atoms with E-state index in [4.69, 9.17) is 11.5 Å². The van der Waals surface area contributed by atoms with Gasteiger partial charge in [-0.15, -0.1) is 6.42 Å². The molecule has 0 radical (unpaired) electrons. The predicted molar refractivity (Wildman–Crippen MR) is 76.7 cm³/mol. The minimum atomic E-state index is -1.13. The highest BCUT2D eigenvalue weighted by molar-refractivity contribution is 7.22. The highest BCUT2D eigenvalue weighted by Gasteiger charge is 2.17. The minimum Gasteiger partial charge on any atom is -0.480 e. The zero-order valence-corrected chi connectivity index (χ0v) is 11.2. The normalized spacial score (nSPS) is 9.95. The third-order valence-electron chi connectivity index (χ3n) is 2.40. The molecule has 2 aromatic rings. The zero-order valence-electron chi connectivity index (χ0n) is 10.4. The molecule has 0 atom stereocenters. The van der Waals surface area contributed by atoms with Gasteiger partial charge in [0.1, 0.15) is 6.54 Å². The molecule has 2 rings (SSSR count). The number of carboxylic acids is 1. The van der Waals surface area contributed by atoms with E-state index in [1.165, 1.54) is 11.3 Å².